The molecule has 0 saturated heterocycles. The zero-order chi connectivity index (χ0) is 10.7. The van der Waals surface area contributed by atoms with Gasteiger partial charge < -0.3 is 5.73 Å². The first-order chi connectivity index (χ1) is 6.52. The Kier molecular flexibility index (Phi) is 4.25. The topological polar surface area (TPSA) is 26.0 Å². The molecule has 0 aromatic heterocycles. The highest BCUT2D eigenvalue weighted by Crippen LogP contribution is 2.19. The van der Waals surface area contributed by atoms with E-state index in [1.54, 1.807) is 34.7 Å². The van der Waals surface area contributed by atoms with Crippen molar-refractivity contribution >= 4 is 22.6 Å². The lowest BCUT2D eigenvalue weighted by atomic mass is 10.1. The molecule has 0 aliphatic heterocycles. The number of hydrogen-bond donors (Lipinski definition) is 1. The second-order valence-corrected chi connectivity index (χ2v) is 4.51. The van der Waals surface area contributed by atoms with Gasteiger partial charge in [-0.15, -0.1) is 0 Å². The van der Waals surface area contributed by atoms with Gasteiger partial charge in [0, 0.05) is 6.04 Å². The molecular weight excluding hydrogens is 299 g/mol. The summed E-state index contributed by atoms with van der Waals surface area (Å²) in [5.41, 5.74) is 5.94. The Bertz CT molecular complexity index is 326. The molecule has 1 nitrogen and oxygen atoms in total. The molecule has 0 spiro atoms. The van der Waals surface area contributed by atoms with Gasteiger partial charge in [-0.1, -0.05) is 6.07 Å². The summed E-state index contributed by atoms with van der Waals surface area (Å²) in [6, 6.07) is 3.20. The van der Waals surface area contributed by atoms with Crippen molar-refractivity contribution in [2.24, 2.45) is 5.73 Å². The van der Waals surface area contributed by atoms with Crippen LogP contribution in [0.5, 0.6) is 0 Å². The molecule has 0 aliphatic rings. The summed E-state index contributed by atoms with van der Waals surface area (Å²) < 4.78 is 26.7. The number of nitrogens with two attached hydrogens (primary N) is 1. The standard InChI is InChI=1S/C10H12F2IN/c1-6(14)2-3-7-4-5-8(13)10(12)9(7)11/h4-6H,2-3,14H2,1H3. The zero-order valence-corrected chi connectivity index (χ0v) is 10.0. The maximum atomic E-state index is 13.3. The van der Waals surface area contributed by atoms with Crippen molar-refractivity contribution in [3.63, 3.8) is 0 Å². The third-order valence-corrected chi connectivity index (χ3v) is 2.82. The van der Waals surface area contributed by atoms with Gasteiger partial charge in [0.05, 0.1) is 3.57 Å². The summed E-state index contributed by atoms with van der Waals surface area (Å²) in [5, 5.41) is 0. The quantitative estimate of drug-likeness (QED) is 0.674. The summed E-state index contributed by atoms with van der Waals surface area (Å²) >= 11 is 1.77. The third kappa shape index (κ3) is 2.88. The highest BCUT2D eigenvalue weighted by atomic mass is 127. The lowest BCUT2D eigenvalue weighted by Crippen LogP contribution is -2.15. The van der Waals surface area contributed by atoms with E-state index in [9.17, 15) is 8.78 Å². The van der Waals surface area contributed by atoms with E-state index < -0.39 is 11.6 Å². The lowest BCUT2D eigenvalue weighted by Gasteiger charge is -2.07. The van der Waals surface area contributed by atoms with Crippen LogP contribution < -0.4 is 5.73 Å². The van der Waals surface area contributed by atoms with Crippen LogP contribution in [0.25, 0.3) is 0 Å². The van der Waals surface area contributed by atoms with Crippen molar-refractivity contribution < 1.29 is 8.78 Å². The summed E-state index contributed by atoms with van der Waals surface area (Å²) in [6.45, 7) is 1.85. The van der Waals surface area contributed by atoms with Crippen LogP contribution in [0.15, 0.2) is 12.1 Å². The molecule has 1 unspecified atom stereocenters. The molecule has 0 amide bonds. The van der Waals surface area contributed by atoms with Gasteiger partial charge in [-0.2, -0.15) is 0 Å². The fourth-order valence-corrected chi connectivity index (χ4v) is 1.56. The van der Waals surface area contributed by atoms with Gasteiger partial charge >= 0.3 is 0 Å². The molecule has 14 heavy (non-hydrogen) atoms. The minimum absolute atomic E-state index is 0.0109. The van der Waals surface area contributed by atoms with Crippen LogP contribution in [0.4, 0.5) is 8.78 Å². The second-order valence-electron chi connectivity index (χ2n) is 3.35. The first-order valence-corrected chi connectivity index (χ1v) is 5.48. The molecule has 1 aromatic carbocycles. The number of halogens is 3. The van der Waals surface area contributed by atoms with Crippen LogP contribution >= 0.6 is 22.6 Å². The van der Waals surface area contributed by atoms with Gasteiger partial charge in [-0.05, 0) is 54.0 Å². The van der Waals surface area contributed by atoms with Crippen molar-refractivity contribution in [1.29, 1.82) is 0 Å². The van der Waals surface area contributed by atoms with E-state index in [-0.39, 0.29) is 6.04 Å². The predicted octanol–water partition coefficient (Wildman–Crippen LogP) is 2.85. The first kappa shape index (κ1) is 11.8. The molecule has 0 saturated carbocycles. The number of aryl methyl sites for hydroxylation is 1. The third-order valence-electron chi connectivity index (χ3n) is 1.98. The molecule has 0 heterocycles. The highest BCUT2D eigenvalue weighted by molar-refractivity contribution is 14.1. The monoisotopic (exact) mass is 311 g/mol. The maximum absolute atomic E-state index is 13.3. The Labute approximate surface area is 95.8 Å². The molecular formula is C10H12F2IN. The lowest BCUT2D eigenvalue weighted by molar-refractivity contribution is 0.490. The largest absolute Gasteiger partial charge is 0.328 e. The molecule has 0 radical (unpaired) electrons. The minimum Gasteiger partial charge on any atom is -0.328 e. The van der Waals surface area contributed by atoms with E-state index >= 15 is 0 Å². The van der Waals surface area contributed by atoms with Gasteiger partial charge in [0.25, 0.3) is 0 Å². The van der Waals surface area contributed by atoms with Crippen molar-refractivity contribution in [2.45, 2.75) is 25.8 Å². The maximum Gasteiger partial charge on any atom is 0.172 e. The van der Waals surface area contributed by atoms with Crippen LogP contribution in [0.1, 0.15) is 18.9 Å². The number of rotatable bonds is 3. The second kappa shape index (κ2) is 5.02. The van der Waals surface area contributed by atoms with Gasteiger partial charge in [-0.25, -0.2) is 8.78 Å². The predicted molar refractivity (Wildman–Crippen MR) is 61.0 cm³/mol. The Morgan fingerprint density at radius 1 is 1.36 bits per heavy atom. The fourth-order valence-electron chi connectivity index (χ4n) is 1.14. The summed E-state index contributed by atoms with van der Waals surface area (Å²) in [4.78, 5) is 0. The van der Waals surface area contributed by atoms with E-state index in [1.165, 1.54) is 0 Å². The molecule has 1 atom stereocenters. The van der Waals surface area contributed by atoms with Crippen molar-refractivity contribution in [3.8, 4) is 0 Å². The molecule has 0 aliphatic carbocycles. The Balaban J connectivity index is 2.83. The van der Waals surface area contributed by atoms with Crippen molar-refractivity contribution in [1.82, 2.24) is 0 Å². The van der Waals surface area contributed by atoms with E-state index in [2.05, 4.69) is 0 Å². The number of benzene rings is 1. The Hall–Kier alpha value is -0.230. The van der Waals surface area contributed by atoms with E-state index in [4.69, 9.17) is 5.73 Å². The molecule has 1 rings (SSSR count). The van der Waals surface area contributed by atoms with Gasteiger partial charge in [0.2, 0.25) is 0 Å². The molecule has 4 heteroatoms. The summed E-state index contributed by atoms with van der Waals surface area (Å²) in [5.74, 6) is -1.50. The SMILES string of the molecule is CC(N)CCc1ccc(I)c(F)c1F. The van der Waals surface area contributed by atoms with Crippen LogP contribution in [-0.4, -0.2) is 6.04 Å². The molecule has 78 valence electrons. The van der Waals surface area contributed by atoms with Crippen LogP contribution in [0.3, 0.4) is 0 Å². The van der Waals surface area contributed by atoms with E-state index in [1.807, 2.05) is 6.92 Å². The van der Waals surface area contributed by atoms with Gasteiger partial charge in [0.15, 0.2) is 11.6 Å². The average molecular weight is 311 g/mol. The normalized spacial score (nSPS) is 12.9. The molecule has 0 fully saturated rings. The van der Waals surface area contributed by atoms with Gasteiger partial charge in [-0.3, -0.25) is 0 Å². The summed E-state index contributed by atoms with van der Waals surface area (Å²) in [6.07, 6.45) is 1.15. The first-order valence-electron chi connectivity index (χ1n) is 4.40. The molecule has 0 bridgehead atoms. The Morgan fingerprint density at radius 2 is 2.00 bits per heavy atom. The fraction of sp³-hybridized carbons (Fsp3) is 0.400. The van der Waals surface area contributed by atoms with E-state index in [0.717, 1.165) is 0 Å². The number of hydrogen-bond acceptors (Lipinski definition) is 1. The van der Waals surface area contributed by atoms with E-state index in [0.29, 0.717) is 22.0 Å². The van der Waals surface area contributed by atoms with Crippen molar-refractivity contribution in [2.75, 3.05) is 0 Å². The summed E-state index contributed by atoms with van der Waals surface area (Å²) in [7, 11) is 0. The smallest absolute Gasteiger partial charge is 0.172 e. The highest BCUT2D eigenvalue weighted by Gasteiger charge is 2.11. The van der Waals surface area contributed by atoms with Crippen LogP contribution in [0.2, 0.25) is 0 Å². The average Bonchev–Trinajstić information content (AvgIpc) is 2.13. The zero-order valence-electron chi connectivity index (χ0n) is 7.86. The molecule has 1 aromatic rings. The van der Waals surface area contributed by atoms with Crippen LogP contribution in [-0.2, 0) is 6.42 Å². The minimum atomic E-state index is -0.757. The van der Waals surface area contributed by atoms with Crippen molar-refractivity contribution in [3.05, 3.63) is 32.9 Å². The van der Waals surface area contributed by atoms with Gasteiger partial charge in [0.1, 0.15) is 0 Å². The van der Waals surface area contributed by atoms with Crippen LogP contribution in [0, 0.1) is 15.2 Å². The Morgan fingerprint density at radius 3 is 2.57 bits per heavy atom. The molecule has 2 N–H and O–H groups in total.